The standard InChI is InChI=1S/C43H48FN9O4/c1-43(2,3)57-34-24-52(25-34)42(56)46-20-31-9-8-30(18-35(31)44)40-38-19-32(23-53(38)48-26-47-40)28-6-4-27(5-7-28)22-51-16-14-29(15-17-51)36-11-10-33(21-45-36)49-37-12-13-39(54)50-41(37)55/h4-11,18-19,21,23,26,29,34,37,49H,12-17,20,22,24-25H2,1-3H3,(H,46,56)(H,50,54,55). The summed E-state index contributed by atoms with van der Waals surface area (Å²) in [5, 5.41) is 12.8. The molecule has 296 valence electrons. The van der Waals surface area contributed by atoms with E-state index >= 15 is 4.39 Å². The Hall–Kier alpha value is -5.73. The molecule has 6 heterocycles. The van der Waals surface area contributed by atoms with Crippen molar-refractivity contribution >= 4 is 29.0 Å². The Morgan fingerprint density at radius 1 is 0.947 bits per heavy atom. The Balaban J connectivity index is 0.837. The summed E-state index contributed by atoms with van der Waals surface area (Å²) in [6, 6.07) is 18.9. The SMILES string of the molecule is CC(C)(C)OC1CN(C(=O)NCc2ccc(-c3ncnn4cc(-c5ccc(CN6CCC(c7ccc(NC8CCC(=O)NC8=O)cn7)CC6)cc5)cc34)cc2F)C1. The van der Waals surface area contributed by atoms with Crippen molar-refractivity contribution in [3.63, 3.8) is 0 Å². The van der Waals surface area contributed by atoms with Crippen molar-refractivity contribution in [3.8, 4) is 22.4 Å². The van der Waals surface area contributed by atoms with E-state index in [9.17, 15) is 14.4 Å². The molecule has 0 saturated carbocycles. The Labute approximate surface area is 331 Å². The number of carbonyl (C=O) groups is 3. The zero-order chi connectivity index (χ0) is 39.7. The number of nitrogens with one attached hydrogen (secondary N) is 3. The van der Waals surface area contributed by atoms with Gasteiger partial charge in [0.05, 0.1) is 47.9 Å². The number of hydrogen-bond acceptors (Lipinski definition) is 9. The summed E-state index contributed by atoms with van der Waals surface area (Å²) < 4.78 is 23.0. The molecule has 14 heteroatoms. The number of likely N-dealkylation sites (tertiary alicyclic amines) is 2. The lowest BCUT2D eigenvalue weighted by Gasteiger charge is -2.41. The van der Waals surface area contributed by atoms with Gasteiger partial charge in [-0.25, -0.2) is 18.7 Å². The number of halogens is 1. The van der Waals surface area contributed by atoms with Gasteiger partial charge in [0.1, 0.15) is 18.2 Å². The van der Waals surface area contributed by atoms with Gasteiger partial charge in [0.15, 0.2) is 0 Å². The largest absolute Gasteiger partial charge is 0.372 e. The topological polar surface area (TPSA) is 146 Å². The number of piperidine rings is 2. The second-order valence-electron chi connectivity index (χ2n) is 16.3. The van der Waals surface area contributed by atoms with Gasteiger partial charge in [0.25, 0.3) is 0 Å². The average molecular weight is 774 g/mol. The smallest absolute Gasteiger partial charge is 0.317 e. The first-order valence-corrected chi connectivity index (χ1v) is 19.6. The summed E-state index contributed by atoms with van der Waals surface area (Å²) >= 11 is 0. The number of carbonyl (C=O) groups excluding carboxylic acids is 3. The van der Waals surface area contributed by atoms with Crippen LogP contribution in [0.3, 0.4) is 0 Å². The minimum Gasteiger partial charge on any atom is -0.372 e. The Morgan fingerprint density at radius 2 is 1.72 bits per heavy atom. The zero-order valence-electron chi connectivity index (χ0n) is 32.5. The molecule has 3 saturated heterocycles. The van der Waals surface area contributed by atoms with Crippen molar-refractivity contribution in [3.05, 3.63) is 102 Å². The van der Waals surface area contributed by atoms with E-state index in [1.54, 1.807) is 21.7 Å². The molecule has 8 rings (SSSR count). The van der Waals surface area contributed by atoms with Crippen LogP contribution < -0.4 is 16.0 Å². The number of rotatable bonds is 10. The molecular formula is C43H48FN9O4. The molecule has 0 bridgehead atoms. The molecule has 5 aromatic rings. The van der Waals surface area contributed by atoms with E-state index in [0.717, 1.165) is 60.5 Å². The van der Waals surface area contributed by atoms with Crippen molar-refractivity contribution in [2.45, 2.75) is 83.2 Å². The van der Waals surface area contributed by atoms with Gasteiger partial charge in [-0.1, -0.05) is 36.4 Å². The molecule has 4 amide bonds. The number of fused-ring (bicyclic) bond motifs is 1. The van der Waals surface area contributed by atoms with Crippen molar-refractivity contribution in [2.24, 2.45) is 0 Å². The van der Waals surface area contributed by atoms with Crippen LogP contribution in [0.5, 0.6) is 0 Å². The lowest BCUT2D eigenvalue weighted by molar-refractivity contribution is -0.133. The quantitative estimate of drug-likeness (QED) is 0.148. The summed E-state index contributed by atoms with van der Waals surface area (Å²) in [6.07, 6.45) is 8.07. The van der Waals surface area contributed by atoms with E-state index < -0.39 is 11.9 Å². The lowest BCUT2D eigenvalue weighted by atomic mass is 9.92. The Bertz CT molecular complexity index is 2260. The molecule has 1 unspecified atom stereocenters. The fourth-order valence-corrected chi connectivity index (χ4v) is 7.82. The molecule has 3 aliphatic rings. The molecule has 0 radical (unpaired) electrons. The van der Waals surface area contributed by atoms with Crippen LogP contribution in [-0.4, -0.2) is 91.2 Å². The van der Waals surface area contributed by atoms with Crippen LogP contribution in [0.4, 0.5) is 14.9 Å². The minimum absolute atomic E-state index is 0.0156. The van der Waals surface area contributed by atoms with Crippen LogP contribution in [0.15, 0.2) is 79.4 Å². The van der Waals surface area contributed by atoms with Gasteiger partial charge in [0.2, 0.25) is 11.8 Å². The Kier molecular flexibility index (Phi) is 10.7. The molecule has 13 nitrogen and oxygen atoms in total. The van der Waals surface area contributed by atoms with E-state index in [2.05, 4.69) is 55.2 Å². The maximum Gasteiger partial charge on any atom is 0.317 e. The van der Waals surface area contributed by atoms with Crippen LogP contribution in [-0.2, 0) is 27.4 Å². The summed E-state index contributed by atoms with van der Waals surface area (Å²) in [5.41, 5.74) is 7.24. The number of pyridine rings is 1. The number of nitrogens with zero attached hydrogens (tertiary/aromatic N) is 6. The second kappa shape index (κ2) is 16.0. The van der Waals surface area contributed by atoms with Crippen LogP contribution in [0, 0.1) is 5.82 Å². The van der Waals surface area contributed by atoms with Gasteiger partial charge >= 0.3 is 6.03 Å². The normalized spacial score (nSPS) is 18.4. The molecule has 0 spiro atoms. The van der Waals surface area contributed by atoms with Gasteiger partial charge in [0, 0.05) is 54.0 Å². The Morgan fingerprint density at radius 3 is 2.42 bits per heavy atom. The van der Waals surface area contributed by atoms with E-state index in [1.165, 1.54) is 18.0 Å². The number of aromatic nitrogens is 4. The molecule has 1 atom stereocenters. The fraction of sp³-hybridized carbons (Fsp3) is 0.395. The molecule has 2 aromatic carbocycles. The van der Waals surface area contributed by atoms with Crippen LogP contribution in [0.1, 0.15) is 69.2 Å². The molecule has 3 aliphatic heterocycles. The third-order valence-corrected chi connectivity index (χ3v) is 10.9. The van der Waals surface area contributed by atoms with E-state index in [-0.39, 0.29) is 36.1 Å². The molecule has 0 aliphatic carbocycles. The van der Waals surface area contributed by atoms with Gasteiger partial charge in [-0.15, -0.1) is 0 Å². The highest BCUT2D eigenvalue weighted by atomic mass is 19.1. The third-order valence-electron chi connectivity index (χ3n) is 10.9. The minimum atomic E-state index is -0.423. The van der Waals surface area contributed by atoms with Gasteiger partial charge in [-0.05, 0) is 88.5 Å². The van der Waals surface area contributed by atoms with Crippen LogP contribution in [0.25, 0.3) is 27.9 Å². The fourth-order valence-electron chi connectivity index (χ4n) is 7.82. The maximum atomic E-state index is 15.3. The summed E-state index contributed by atoms with van der Waals surface area (Å²) in [6.45, 7) is 9.90. The van der Waals surface area contributed by atoms with Gasteiger partial charge < -0.3 is 20.3 Å². The van der Waals surface area contributed by atoms with Crippen molar-refractivity contribution in [2.75, 3.05) is 31.5 Å². The van der Waals surface area contributed by atoms with Gasteiger partial charge in [-0.3, -0.25) is 24.8 Å². The van der Waals surface area contributed by atoms with E-state index in [1.807, 2.05) is 51.2 Å². The second-order valence-corrected chi connectivity index (χ2v) is 16.3. The first-order chi connectivity index (χ1) is 27.4. The number of benzene rings is 2. The highest BCUT2D eigenvalue weighted by molar-refractivity contribution is 6.01. The van der Waals surface area contributed by atoms with Crippen molar-refractivity contribution < 1.29 is 23.5 Å². The third kappa shape index (κ3) is 8.97. The highest BCUT2D eigenvalue weighted by Crippen LogP contribution is 2.31. The van der Waals surface area contributed by atoms with Gasteiger partial charge in [-0.2, -0.15) is 5.10 Å². The molecule has 3 fully saturated rings. The number of amides is 4. The molecule has 3 N–H and O–H groups in total. The first-order valence-electron chi connectivity index (χ1n) is 19.6. The monoisotopic (exact) mass is 773 g/mol. The average Bonchev–Trinajstić information content (AvgIpc) is 3.62. The number of anilines is 1. The summed E-state index contributed by atoms with van der Waals surface area (Å²) in [7, 11) is 0. The number of ether oxygens (including phenoxy) is 1. The summed E-state index contributed by atoms with van der Waals surface area (Å²) in [5.74, 6) is -0.552. The van der Waals surface area contributed by atoms with Crippen LogP contribution in [0.2, 0.25) is 0 Å². The first kappa shape index (κ1) is 38.2. The number of urea groups is 1. The van der Waals surface area contributed by atoms with E-state index in [4.69, 9.17) is 9.72 Å². The molecular weight excluding hydrogens is 726 g/mol. The van der Waals surface area contributed by atoms with Crippen molar-refractivity contribution in [1.29, 1.82) is 0 Å². The number of hydrogen-bond donors (Lipinski definition) is 3. The zero-order valence-corrected chi connectivity index (χ0v) is 32.5. The predicted molar refractivity (Wildman–Crippen MR) is 214 cm³/mol. The highest BCUT2D eigenvalue weighted by Gasteiger charge is 2.34. The maximum absolute atomic E-state index is 15.3. The van der Waals surface area contributed by atoms with Crippen molar-refractivity contribution in [1.82, 2.24) is 40.0 Å². The molecule has 57 heavy (non-hydrogen) atoms. The van der Waals surface area contributed by atoms with E-state index in [0.29, 0.717) is 48.7 Å². The molecule has 3 aromatic heterocycles. The van der Waals surface area contributed by atoms with Crippen LogP contribution >= 0.6 is 0 Å². The predicted octanol–water partition coefficient (Wildman–Crippen LogP) is 5.90. The summed E-state index contributed by atoms with van der Waals surface area (Å²) in [4.78, 5) is 49.5. The number of imide groups is 1. The lowest BCUT2D eigenvalue weighted by Crippen LogP contribution is -2.59.